The second kappa shape index (κ2) is 5.12. The van der Waals surface area contributed by atoms with Crippen LogP contribution in [0.3, 0.4) is 0 Å². The van der Waals surface area contributed by atoms with Crippen LogP contribution < -0.4 is 5.32 Å². The smallest absolute Gasteiger partial charge is 0.254 e. The zero-order valence-electron chi connectivity index (χ0n) is 9.38. The predicted molar refractivity (Wildman–Crippen MR) is 66.6 cm³/mol. The van der Waals surface area contributed by atoms with E-state index in [1.807, 2.05) is 0 Å². The molecule has 1 aromatic rings. The van der Waals surface area contributed by atoms with Gasteiger partial charge in [0.25, 0.3) is 5.91 Å². The predicted octanol–water partition coefficient (Wildman–Crippen LogP) is 2.52. The number of nitrogens with zero attached hydrogens (tertiary/aromatic N) is 1. The molecule has 5 heteroatoms. The summed E-state index contributed by atoms with van der Waals surface area (Å²) in [7, 11) is 0. The van der Waals surface area contributed by atoms with E-state index < -0.39 is 5.82 Å². The Hall–Kier alpha value is -0.970. The van der Waals surface area contributed by atoms with Gasteiger partial charge in [0.15, 0.2) is 5.82 Å². The monoisotopic (exact) mass is 300 g/mol. The largest absolute Gasteiger partial charge is 0.351 e. The Balaban J connectivity index is 1.92. The second-order valence-electron chi connectivity index (χ2n) is 4.48. The number of pyridine rings is 1. The molecular weight excluding hydrogens is 287 g/mol. The molecule has 0 unspecified atom stereocenters. The maximum atomic E-state index is 13.3. The van der Waals surface area contributed by atoms with Crippen molar-refractivity contribution in [1.29, 1.82) is 0 Å². The van der Waals surface area contributed by atoms with Crippen molar-refractivity contribution >= 4 is 21.8 Å². The Kier molecular flexibility index (Phi) is 3.76. The number of nitrogens with one attached hydrogen (secondary N) is 1. The van der Waals surface area contributed by atoms with E-state index in [-0.39, 0.29) is 16.9 Å². The molecule has 17 heavy (non-hydrogen) atoms. The lowest BCUT2D eigenvalue weighted by atomic mass is 10.0. The molecule has 1 N–H and O–H groups in total. The molecule has 1 amide bonds. The lowest BCUT2D eigenvalue weighted by molar-refractivity contribution is 0.0940. The molecule has 0 saturated heterocycles. The zero-order valence-corrected chi connectivity index (χ0v) is 11.0. The number of hydrogen-bond acceptors (Lipinski definition) is 2. The van der Waals surface area contributed by atoms with Crippen molar-refractivity contribution in [3.8, 4) is 0 Å². The van der Waals surface area contributed by atoms with E-state index in [0.717, 1.165) is 30.8 Å². The summed E-state index contributed by atoms with van der Waals surface area (Å²) in [5.74, 6) is -0.930. The maximum absolute atomic E-state index is 13.3. The van der Waals surface area contributed by atoms with Gasteiger partial charge in [0.2, 0.25) is 0 Å². The molecular formula is C12H14BrFN2O. The summed E-state index contributed by atoms with van der Waals surface area (Å²) in [6.45, 7) is 0.624. The van der Waals surface area contributed by atoms with Crippen molar-refractivity contribution in [1.82, 2.24) is 10.3 Å². The Labute approximate surface area is 108 Å². The zero-order chi connectivity index (χ0) is 12.3. The van der Waals surface area contributed by atoms with Crippen LogP contribution in [-0.4, -0.2) is 22.8 Å². The normalized spacial score (nSPS) is 16.6. The number of aromatic nitrogens is 1. The van der Waals surface area contributed by atoms with Crippen LogP contribution in [0.2, 0.25) is 0 Å². The molecule has 1 aliphatic rings. The summed E-state index contributed by atoms with van der Waals surface area (Å²) < 4.78 is 13.3. The van der Waals surface area contributed by atoms with Gasteiger partial charge in [-0.15, -0.1) is 0 Å². The molecule has 0 atom stereocenters. The molecule has 1 saturated carbocycles. The second-order valence-corrected chi connectivity index (χ2v) is 5.27. The van der Waals surface area contributed by atoms with E-state index in [0.29, 0.717) is 6.54 Å². The topological polar surface area (TPSA) is 42.0 Å². The van der Waals surface area contributed by atoms with E-state index in [9.17, 15) is 9.18 Å². The summed E-state index contributed by atoms with van der Waals surface area (Å²) >= 11 is 3.41. The van der Waals surface area contributed by atoms with Crippen molar-refractivity contribution in [2.75, 3.05) is 11.9 Å². The molecule has 3 nitrogen and oxygen atoms in total. The fourth-order valence-corrected chi connectivity index (χ4v) is 2.66. The third kappa shape index (κ3) is 3.03. The van der Waals surface area contributed by atoms with Crippen LogP contribution in [0.25, 0.3) is 0 Å². The van der Waals surface area contributed by atoms with E-state index in [1.54, 1.807) is 0 Å². The Bertz CT molecular complexity index is 421. The molecule has 1 heterocycles. The molecule has 1 aliphatic carbocycles. The van der Waals surface area contributed by atoms with Crippen LogP contribution in [0, 0.1) is 11.2 Å². The fourth-order valence-electron chi connectivity index (χ4n) is 1.81. The summed E-state index contributed by atoms with van der Waals surface area (Å²) in [6.07, 6.45) is 5.80. The summed E-state index contributed by atoms with van der Waals surface area (Å²) in [6, 6.07) is 1.40. The van der Waals surface area contributed by atoms with Crippen LogP contribution in [0.1, 0.15) is 29.6 Å². The van der Waals surface area contributed by atoms with Crippen LogP contribution in [0.5, 0.6) is 0 Å². The van der Waals surface area contributed by atoms with Gasteiger partial charge >= 0.3 is 0 Å². The average Bonchev–Trinajstić information content (AvgIpc) is 3.08. The number of amides is 1. The molecule has 2 rings (SSSR count). The van der Waals surface area contributed by atoms with Gasteiger partial charge in [0, 0.05) is 18.1 Å². The number of rotatable bonds is 5. The number of alkyl halides is 1. The number of carbonyl (C=O) groups excluding carboxylic acids is 1. The highest BCUT2D eigenvalue weighted by molar-refractivity contribution is 9.09. The average molecular weight is 301 g/mol. The summed E-state index contributed by atoms with van der Waals surface area (Å²) in [5, 5.41) is 3.74. The lowest BCUT2D eigenvalue weighted by Crippen LogP contribution is -2.31. The van der Waals surface area contributed by atoms with Crippen molar-refractivity contribution in [3.05, 3.63) is 29.8 Å². The minimum Gasteiger partial charge on any atom is -0.351 e. The molecule has 1 fully saturated rings. The van der Waals surface area contributed by atoms with Gasteiger partial charge in [-0.3, -0.25) is 9.78 Å². The Morgan fingerprint density at radius 1 is 1.59 bits per heavy atom. The Morgan fingerprint density at radius 3 is 2.94 bits per heavy atom. The van der Waals surface area contributed by atoms with Gasteiger partial charge < -0.3 is 5.32 Å². The third-order valence-electron chi connectivity index (χ3n) is 3.22. The molecule has 0 aliphatic heterocycles. The first-order valence-corrected chi connectivity index (χ1v) is 6.73. The van der Waals surface area contributed by atoms with E-state index in [4.69, 9.17) is 0 Å². The van der Waals surface area contributed by atoms with Crippen molar-refractivity contribution in [3.63, 3.8) is 0 Å². The molecule has 92 valence electrons. The first-order chi connectivity index (χ1) is 8.17. The van der Waals surface area contributed by atoms with Gasteiger partial charge in [0.05, 0.1) is 11.8 Å². The lowest BCUT2D eigenvalue weighted by Gasteiger charge is -2.14. The maximum Gasteiger partial charge on any atom is 0.254 e. The highest BCUT2D eigenvalue weighted by atomic mass is 79.9. The fraction of sp³-hybridized carbons (Fsp3) is 0.500. The van der Waals surface area contributed by atoms with Crippen LogP contribution in [0.15, 0.2) is 18.5 Å². The van der Waals surface area contributed by atoms with E-state index in [2.05, 4.69) is 26.2 Å². The standard InChI is InChI=1S/C12H14BrFN2O/c13-5-4-12(2-3-12)8-16-11(17)9-1-6-15-7-10(9)14/h1,6-7H,2-5,8H2,(H,16,17). The van der Waals surface area contributed by atoms with Crippen LogP contribution in [-0.2, 0) is 0 Å². The summed E-state index contributed by atoms with van der Waals surface area (Å²) in [5.41, 5.74) is 0.303. The SMILES string of the molecule is O=C(NCC1(CCBr)CC1)c1ccncc1F. The highest BCUT2D eigenvalue weighted by Crippen LogP contribution is 2.48. The molecule has 0 bridgehead atoms. The van der Waals surface area contributed by atoms with Crippen molar-refractivity contribution < 1.29 is 9.18 Å². The van der Waals surface area contributed by atoms with E-state index >= 15 is 0 Å². The number of hydrogen-bond donors (Lipinski definition) is 1. The minimum atomic E-state index is -0.574. The third-order valence-corrected chi connectivity index (χ3v) is 3.62. The van der Waals surface area contributed by atoms with Gasteiger partial charge in [0.1, 0.15) is 0 Å². The first kappa shape index (κ1) is 12.5. The number of halogens is 2. The molecule has 0 spiro atoms. The number of carbonyl (C=O) groups is 1. The van der Waals surface area contributed by atoms with Gasteiger partial charge in [-0.1, -0.05) is 15.9 Å². The van der Waals surface area contributed by atoms with Crippen molar-refractivity contribution in [2.24, 2.45) is 5.41 Å². The van der Waals surface area contributed by atoms with Gasteiger partial charge in [-0.05, 0) is 30.7 Å². The summed E-state index contributed by atoms with van der Waals surface area (Å²) in [4.78, 5) is 15.4. The molecule has 0 radical (unpaired) electrons. The highest BCUT2D eigenvalue weighted by Gasteiger charge is 2.41. The molecule has 1 aromatic heterocycles. The molecule has 0 aromatic carbocycles. The quantitative estimate of drug-likeness (QED) is 0.849. The Morgan fingerprint density at radius 2 is 2.35 bits per heavy atom. The van der Waals surface area contributed by atoms with Gasteiger partial charge in [-0.25, -0.2) is 4.39 Å². The van der Waals surface area contributed by atoms with Gasteiger partial charge in [-0.2, -0.15) is 0 Å². The first-order valence-electron chi connectivity index (χ1n) is 5.61. The van der Waals surface area contributed by atoms with Crippen LogP contribution >= 0.6 is 15.9 Å². The van der Waals surface area contributed by atoms with Crippen molar-refractivity contribution in [2.45, 2.75) is 19.3 Å². The van der Waals surface area contributed by atoms with E-state index in [1.165, 1.54) is 12.3 Å². The minimum absolute atomic E-state index is 0.0645. The van der Waals surface area contributed by atoms with Crippen LogP contribution in [0.4, 0.5) is 4.39 Å².